The number of rotatable bonds is 5. The first kappa shape index (κ1) is 19.3. The smallest absolute Gasteiger partial charge is 0.252 e. The van der Waals surface area contributed by atoms with Crippen LogP contribution in [0.1, 0.15) is 44.0 Å². The third-order valence-corrected chi connectivity index (χ3v) is 6.70. The lowest BCUT2D eigenvalue weighted by molar-refractivity contribution is 0.100. The van der Waals surface area contributed by atoms with Crippen LogP contribution < -0.4 is 15.8 Å². The minimum atomic E-state index is -0.480. The molecule has 1 aliphatic rings. The van der Waals surface area contributed by atoms with Crippen LogP contribution in [0.15, 0.2) is 42.7 Å². The Bertz CT molecular complexity index is 1070. The van der Waals surface area contributed by atoms with E-state index in [0.717, 1.165) is 40.9 Å². The van der Waals surface area contributed by atoms with Gasteiger partial charge < -0.3 is 15.8 Å². The van der Waals surface area contributed by atoms with Crippen molar-refractivity contribution in [3.8, 4) is 16.9 Å². The van der Waals surface area contributed by atoms with Crippen LogP contribution in [0.4, 0.5) is 5.69 Å². The van der Waals surface area contributed by atoms with Gasteiger partial charge in [0.25, 0.3) is 5.91 Å². The third-order valence-electron chi connectivity index (χ3n) is 6.70. The number of amides is 1. The summed E-state index contributed by atoms with van der Waals surface area (Å²) < 4.78 is 7.31. The van der Waals surface area contributed by atoms with Crippen molar-refractivity contribution in [1.82, 2.24) is 9.61 Å². The number of primary amides is 1. The van der Waals surface area contributed by atoms with E-state index < -0.39 is 5.91 Å². The van der Waals surface area contributed by atoms with Crippen LogP contribution in [0.2, 0.25) is 0 Å². The molecule has 4 rings (SSSR count). The van der Waals surface area contributed by atoms with Crippen LogP contribution in [0.5, 0.6) is 5.75 Å². The molecule has 1 amide bonds. The van der Waals surface area contributed by atoms with Gasteiger partial charge in [-0.05, 0) is 36.3 Å². The molecule has 2 aromatic heterocycles. The average molecular weight is 393 g/mol. The topological polar surface area (TPSA) is 81.6 Å². The van der Waals surface area contributed by atoms with Gasteiger partial charge in [0.05, 0.1) is 30.1 Å². The number of nitrogens with one attached hydrogen (secondary N) is 1. The highest BCUT2D eigenvalue weighted by atomic mass is 16.5. The Labute approximate surface area is 171 Å². The first-order valence-corrected chi connectivity index (χ1v) is 10.0. The van der Waals surface area contributed by atoms with Crippen LogP contribution in [0, 0.1) is 11.3 Å². The van der Waals surface area contributed by atoms with Crippen molar-refractivity contribution in [1.29, 1.82) is 0 Å². The predicted molar refractivity (Wildman–Crippen MR) is 115 cm³/mol. The second-order valence-corrected chi connectivity index (χ2v) is 8.55. The number of hydrogen-bond donors (Lipinski definition) is 2. The highest BCUT2D eigenvalue weighted by Crippen LogP contribution is 2.44. The van der Waals surface area contributed by atoms with Gasteiger partial charge in [0.1, 0.15) is 5.75 Å². The van der Waals surface area contributed by atoms with Crippen LogP contribution >= 0.6 is 0 Å². The molecule has 1 aliphatic carbocycles. The van der Waals surface area contributed by atoms with Gasteiger partial charge in [-0.15, -0.1) is 0 Å². The van der Waals surface area contributed by atoms with Gasteiger partial charge in [0.15, 0.2) is 0 Å². The van der Waals surface area contributed by atoms with Gasteiger partial charge in [0, 0.05) is 23.4 Å². The fraction of sp³-hybridized carbons (Fsp3) is 0.391. The molecule has 0 bridgehead atoms. The first-order valence-electron chi connectivity index (χ1n) is 10.0. The Morgan fingerprint density at radius 3 is 2.72 bits per heavy atom. The molecular formula is C23H28N4O2. The number of ether oxygens (including phenoxy) is 1. The summed E-state index contributed by atoms with van der Waals surface area (Å²) in [5.41, 5.74) is 9.75. The number of aromatic nitrogens is 2. The van der Waals surface area contributed by atoms with E-state index >= 15 is 0 Å². The molecule has 29 heavy (non-hydrogen) atoms. The van der Waals surface area contributed by atoms with E-state index in [1.165, 1.54) is 0 Å². The molecule has 2 heterocycles. The molecule has 1 unspecified atom stereocenters. The second kappa shape index (κ2) is 7.10. The number of anilines is 1. The molecule has 0 saturated heterocycles. The summed E-state index contributed by atoms with van der Waals surface area (Å²) in [6.07, 6.45) is 5.72. The van der Waals surface area contributed by atoms with Crippen LogP contribution in [0.3, 0.4) is 0 Å². The number of fused-ring (bicyclic) bond motifs is 1. The van der Waals surface area contributed by atoms with Crippen LogP contribution in [0.25, 0.3) is 16.6 Å². The molecule has 6 heteroatoms. The molecule has 6 nitrogen and oxygen atoms in total. The zero-order valence-electron chi connectivity index (χ0n) is 17.4. The molecule has 1 saturated carbocycles. The van der Waals surface area contributed by atoms with Crippen molar-refractivity contribution in [2.24, 2.45) is 17.1 Å². The van der Waals surface area contributed by atoms with Gasteiger partial charge in [-0.25, -0.2) is 4.52 Å². The SMILES string of the molecule is COc1ccccc1-c1cc2c(N[C@@H]3CCC(C)C3(C)C)c(C(N)=O)cnn2c1. The molecular weight excluding hydrogens is 364 g/mol. The average Bonchev–Trinajstić information content (AvgIpc) is 3.24. The lowest BCUT2D eigenvalue weighted by Gasteiger charge is -2.33. The normalized spacial score (nSPS) is 20.7. The zero-order valence-corrected chi connectivity index (χ0v) is 17.4. The molecule has 2 atom stereocenters. The minimum Gasteiger partial charge on any atom is -0.496 e. The Morgan fingerprint density at radius 2 is 2.07 bits per heavy atom. The summed E-state index contributed by atoms with van der Waals surface area (Å²) in [4.78, 5) is 12.2. The van der Waals surface area contributed by atoms with Gasteiger partial charge >= 0.3 is 0 Å². The van der Waals surface area contributed by atoms with E-state index in [0.29, 0.717) is 11.5 Å². The van der Waals surface area contributed by atoms with Crippen molar-refractivity contribution in [3.63, 3.8) is 0 Å². The standard InChI is InChI=1S/C23H28N4O2/c1-14-9-10-20(23(14,2)3)26-21-17(22(24)28)12-25-27-13-15(11-18(21)27)16-7-5-6-8-19(16)29-4/h5-8,11-14,20,26H,9-10H2,1-4H3,(H2,24,28)/t14?,20-/m1/s1. The molecule has 1 aromatic carbocycles. The molecule has 1 fully saturated rings. The lowest BCUT2D eigenvalue weighted by atomic mass is 9.80. The molecule has 152 valence electrons. The molecule has 3 aromatic rings. The summed E-state index contributed by atoms with van der Waals surface area (Å²) in [6.45, 7) is 6.85. The van der Waals surface area contributed by atoms with E-state index in [1.54, 1.807) is 17.8 Å². The Kier molecular flexibility index (Phi) is 4.73. The number of para-hydroxylation sites is 1. The van der Waals surface area contributed by atoms with Crippen molar-refractivity contribution in [3.05, 3.63) is 48.3 Å². The van der Waals surface area contributed by atoms with Crippen LogP contribution in [-0.2, 0) is 0 Å². The van der Waals surface area contributed by atoms with Crippen LogP contribution in [-0.4, -0.2) is 28.7 Å². The third kappa shape index (κ3) is 3.22. The van der Waals surface area contributed by atoms with E-state index in [1.807, 2.05) is 36.5 Å². The number of carbonyl (C=O) groups excluding carboxylic acids is 1. The maximum absolute atomic E-state index is 12.2. The van der Waals surface area contributed by atoms with Gasteiger partial charge in [-0.3, -0.25) is 4.79 Å². The first-order chi connectivity index (χ1) is 13.8. The van der Waals surface area contributed by atoms with Gasteiger partial charge in [-0.1, -0.05) is 39.0 Å². The fourth-order valence-corrected chi connectivity index (χ4v) is 4.36. The maximum atomic E-state index is 12.2. The Hall–Kier alpha value is -3.02. The predicted octanol–water partition coefficient (Wildman–Crippen LogP) is 4.35. The summed E-state index contributed by atoms with van der Waals surface area (Å²) in [5.74, 6) is 0.913. The van der Waals surface area contributed by atoms with Gasteiger partial charge in [-0.2, -0.15) is 5.10 Å². The highest BCUT2D eigenvalue weighted by Gasteiger charge is 2.41. The monoisotopic (exact) mass is 392 g/mol. The fourth-order valence-electron chi connectivity index (χ4n) is 4.36. The summed E-state index contributed by atoms with van der Waals surface area (Å²) in [6, 6.07) is 10.2. The molecule has 0 aliphatic heterocycles. The second-order valence-electron chi connectivity index (χ2n) is 8.55. The number of hydrogen-bond acceptors (Lipinski definition) is 4. The minimum absolute atomic E-state index is 0.118. The van der Waals surface area contributed by atoms with Crippen molar-refractivity contribution in [2.75, 3.05) is 12.4 Å². The molecule has 0 spiro atoms. The van der Waals surface area contributed by atoms with Crippen molar-refractivity contribution < 1.29 is 9.53 Å². The van der Waals surface area contributed by atoms with E-state index in [4.69, 9.17) is 10.5 Å². The lowest BCUT2D eigenvalue weighted by Crippen LogP contribution is -2.35. The Balaban J connectivity index is 1.84. The van der Waals surface area contributed by atoms with Crippen molar-refractivity contribution >= 4 is 17.1 Å². The van der Waals surface area contributed by atoms with Crippen molar-refractivity contribution in [2.45, 2.75) is 39.7 Å². The van der Waals surface area contributed by atoms with E-state index in [9.17, 15) is 4.79 Å². The summed E-state index contributed by atoms with van der Waals surface area (Å²) in [5, 5.41) is 8.08. The van der Waals surface area contributed by atoms with E-state index in [-0.39, 0.29) is 11.5 Å². The number of benzene rings is 1. The number of nitrogens with zero attached hydrogens (tertiary/aromatic N) is 2. The zero-order chi connectivity index (χ0) is 20.8. The number of nitrogens with two attached hydrogens (primary N) is 1. The maximum Gasteiger partial charge on any atom is 0.252 e. The van der Waals surface area contributed by atoms with E-state index in [2.05, 4.69) is 31.2 Å². The number of methoxy groups -OCH3 is 1. The quantitative estimate of drug-likeness (QED) is 0.676. The Morgan fingerprint density at radius 1 is 1.31 bits per heavy atom. The number of carbonyl (C=O) groups is 1. The summed E-state index contributed by atoms with van der Waals surface area (Å²) in [7, 11) is 1.66. The molecule has 3 N–H and O–H groups in total. The molecule has 0 radical (unpaired) electrons. The highest BCUT2D eigenvalue weighted by molar-refractivity contribution is 6.02. The largest absolute Gasteiger partial charge is 0.496 e. The summed E-state index contributed by atoms with van der Waals surface area (Å²) >= 11 is 0. The van der Waals surface area contributed by atoms with Gasteiger partial charge in [0.2, 0.25) is 0 Å².